The molecule has 1 aromatic carbocycles. The largest absolute Gasteiger partial charge is 0.493 e. The van der Waals surface area contributed by atoms with Crippen molar-refractivity contribution in [2.45, 2.75) is 13.0 Å². The number of nitrogens with one attached hydrogen (secondary N) is 1. The molecule has 1 unspecified atom stereocenters. The van der Waals surface area contributed by atoms with Crippen molar-refractivity contribution in [2.75, 3.05) is 27.7 Å². The van der Waals surface area contributed by atoms with Crippen molar-refractivity contribution in [1.29, 1.82) is 0 Å². The van der Waals surface area contributed by atoms with Gasteiger partial charge in [-0.2, -0.15) is 0 Å². The lowest BCUT2D eigenvalue weighted by Crippen LogP contribution is -2.34. The van der Waals surface area contributed by atoms with Crippen LogP contribution in [-0.2, 0) is 4.79 Å². The molecule has 0 aliphatic carbocycles. The first-order valence-electron chi connectivity index (χ1n) is 6.53. The van der Waals surface area contributed by atoms with E-state index >= 15 is 0 Å². The molecule has 108 valence electrons. The Kier molecular flexibility index (Phi) is 4.29. The Hall–Kier alpha value is -2.01. The molecule has 0 fully saturated rings. The molecule has 2 rings (SSSR count). The van der Waals surface area contributed by atoms with Crippen molar-refractivity contribution in [3.8, 4) is 5.75 Å². The average Bonchev–Trinajstić information content (AvgIpc) is 2.87. The second-order valence-corrected chi connectivity index (χ2v) is 4.92. The molecule has 1 N–H and O–H groups in total. The number of furan rings is 1. The van der Waals surface area contributed by atoms with Crippen molar-refractivity contribution in [3.63, 3.8) is 0 Å². The van der Waals surface area contributed by atoms with Gasteiger partial charge in [0.05, 0.1) is 19.7 Å². The van der Waals surface area contributed by atoms with Gasteiger partial charge in [0.2, 0.25) is 5.91 Å². The normalized spacial score (nSPS) is 12.4. The van der Waals surface area contributed by atoms with Gasteiger partial charge in [-0.25, -0.2) is 0 Å². The standard InChI is InChI=1S/C15H20N2O3/c1-10(16-9-14(18)17(2)3)13-8-11-6-5-7-12(19-4)15(11)20-13/h5-8,10,16H,9H2,1-4H3. The third-order valence-corrected chi connectivity index (χ3v) is 3.23. The quantitative estimate of drug-likeness (QED) is 0.909. The van der Waals surface area contributed by atoms with Gasteiger partial charge in [-0.05, 0) is 19.1 Å². The van der Waals surface area contributed by atoms with Crippen LogP contribution in [0.25, 0.3) is 11.0 Å². The molecule has 0 saturated carbocycles. The first kappa shape index (κ1) is 14.4. The maximum Gasteiger partial charge on any atom is 0.236 e. The molecule has 0 aliphatic rings. The Morgan fingerprint density at radius 1 is 1.45 bits per heavy atom. The van der Waals surface area contributed by atoms with Crippen molar-refractivity contribution in [2.24, 2.45) is 0 Å². The van der Waals surface area contributed by atoms with E-state index in [1.807, 2.05) is 31.2 Å². The number of amides is 1. The highest BCUT2D eigenvalue weighted by Crippen LogP contribution is 2.30. The van der Waals surface area contributed by atoms with Crippen LogP contribution < -0.4 is 10.1 Å². The summed E-state index contributed by atoms with van der Waals surface area (Å²) < 4.78 is 11.1. The van der Waals surface area contributed by atoms with Crippen LogP contribution in [0.4, 0.5) is 0 Å². The van der Waals surface area contributed by atoms with Gasteiger partial charge in [0.1, 0.15) is 5.76 Å². The number of hydrogen-bond acceptors (Lipinski definition) is 4. The molecule has 0 saturated heterocycles. The zero-order valence-corrected chi connectivity index (χ0v) is 12.3. The summed E-state index contributed by atoms with van der Waals surface area (Å²) >= 11 is 0. The SMILES string of the molecule is COc1cccc2cc(C(C)NCC(=O)N(C)C)oc12. The monoisotopic (exact) mass is 276 g/mol. The number of nitrogens with zero attached hydrogens (tertiary/aromatic N) is 1. The number of benzene rings is 1. The fourth-order valence-electron chi connectivity index (χ4n) is 1.93. The molecular weight excluding hydrogens is 256 g/mol. The Balaban J connectivity index is 2.14. The number of methoxy groups -OCH3 is 1. The number of fused-ring (bicyclic) bond motifs is 1. The number of likely N-dealkylation sites (N-methyl/N-ethyl adjacent to an activating group) is 1. The van der Waals surface area contributed by atoms with E-state index in [9.17, 15) is 4.79 Å². The number of carbonyl (C=O) groups is 1. The molecule has 1 atom stereocenters. The van der Waals surface area contributed by atoms with E-state index in [4.69, 9.17) is 9.15 Å². The van der Waals surface area contributed by atoms with Crippen molar-refractivity contribution in [3.05, 3.63) is 30.0 Å². The number of rotatable bonds is 5. The minimum Gasteiger partial charge on any atom is -0.493 e. The lowest BCUT2D eigenvalue weighted by atomic mass is 10.2. The highest BCUT2D eigenvalue weighted by atomic mass is 16.5. The third kappa shape index (κ3) is 2.93. The maximum atomic E-state index is 11.6. The smallest absolute Gasteiger partial charge is 0.236 e. The molecule has 0 radical (unpaired) electrons. The molecule has 2 aromatic rings. The summed E-state index contributed by atoms with van der Waals surface area (Å²) in [4.78, 5) is 13.1. The van der Waals surface area contributed by atoms with Crippen LogP contribution in [0.2, 0.25) is 0 Å². The molecule has 0 aliphatic heterocycles. The van der Waals surface area contributed by atoms with Crippen LogP contribution in [0.15, 0.2) is 28.7 Å². The van der Waals surface area contributed by atoms with Crippen LogP contribution in [0.3, 0.4) is 0 Å². The number of carbonyl (C=O) groups excluding carboxylic acids is 1. The molecule has 5 heteroatoms. The first-order valence-corrected chi connectivity index (χ1v) is 6.53. The summed E-state index contributed by atoms with van der Waals surface area (Å²) in [6.45, 7) is 2.25. The molecular formula is C15H20N2O3. The predicted molar refractivity (Wildman–Crippen MR) is 77.9 cm³/mol. The van der Waals surface area contributed by atoms with Gasteiger partial charge < -0.3 is 14.1 Å². The lowest BCUT2D eigenvalue weighted by molar-refractivity contribution is -0.127. The summed E-state index contributed by atoms with van der Waals surface area (Å²) in [6.07, 6.45) is 0. The maximum absolute atomic E-state index is 11.6. The Morgan fingerprint density at radius 2 is 2.20 bits per heavy atom. The zero-order valence-electron chi connectivity index (χ0n) is 12.3. The molecule has 20 heavy (non-hydrogen) atoms. The van der Waals surface area contributed by atoms with E-state index in [2.05, 4.69) is 5.32 Å². The lowest BCUT2D eigenvalue weighted by Gasteiger charge is -2.14. The van der Waals surface area contributed by atoms with Gasteiger partial charge in [-0.3, -0.25) is 10.1 Å². The fraction of sp³-hybridized carbons (Fsp3) is 0.400. The van der Waals surface area contributed by atoms with Crippen LogP contribution in [0.1, 0.15) is 18.7 Å². The Labute approximate surface area is 118 Å². The average molecular weight is 276 g/mol. The van der Waals surface area contributed by atoms with E-state index in [0.29, 0.717) is 5.75 Å². The highest BCUT2D eigenvalue weighted by molar-refractivity contribution is 5.83. The Bertz CT molecular complexity index is 604. The fourth-order valence-corrected chi connectivity index (χ4v) is 1.93. The van der Waals surface area contributed by atoms with Gasteiger partial charge in [0, 0.05) is 19.5 Å². The molecule has 0 spiro atoms. The van der Waals surface area contributed by atoms with E-state index in [1.165, 1.54) is 0 Å². The summed E-state index contributed by atoms with van der Waals surface area (Å²) in [5.41, 5.74) is 0.734. The van der Waals surface area contributed by atoms with Crippen molar-refractivity contribution in [1.82, 2.24) is 10.2 Å². The second-order valence-electron chi connectivity index (χ2n) is 4.92. The number of ether oxygens (including phenoxy) is 1. The summed E-state index contributed by atoms with van der Waals surface area (Å²) in [7, 11) is 5.09. The van der Waals surface area contributed by atoms with E-state index in [0.717, 1.165) is 16.7 Å². The molecule has 1 heterocycles. The summed E-state index contributed by atoms with van der Waals surface area (Å²) in [6, 6.07) is 7.69. The van der Waals surface area contributed by atoms with Crippen LogP contribution in [-0.4, -0.2) is 38.6 Å². The van der Waals surface area contributed by atoms with Gasteiger partial charge >= 0.3 is 0 Å². The van der Waals surface area contributed by atoms with Crippen molar-refractivity contribution >= 4 is 16.9 Å². The van der Waals surface area contributed by atoms with E-state index < -0.39 is 0 Å². The number of para-hydroxylation sites is 1. The first-order chi connectivity index (χ1) is 9.52. The van der Waals surface area contributed by atoms with Gasteiger partial charge in [0.15, 0.2) is 11.3 Å². The van der Waals surface area contributed by atoms with E-state index in [1.54, 1.807) is 26.1 Å². The highest BCUT2D eigenvalue weighted by Gasteiger charge is 2.15. The van der Waals surface area contributed by atoms with Gasteiger partial charge in [-0.15, -0.1) is 0 Å². The molecule has 5 nitrogen and oxygen atoms in total. The van der Waals surface area contributed by atoms with Gasteiger partial charge in [-0.1, -0.05) is 12.1 Å². The topological polar surface area (TPSA) is 54.7 Å². The van der Waals surface area contributed by atoms with Gasteiger partial charge in [0.25, 0.3) is 0 Å². The molecule has 1 amide bonds. The minimum absolute atomic E-state index is 0.0329. The predicted octanol–water partition coefficient (Wildman–Crippen LogP) is 2.18. The molecule has 1 aromatic heterocycles. The summed E-state index contributed by atoms with van der Waals surface area (Å²) in [5.74, 6) is 1.53. The summed E-state index contributed by atoms with van der Waals surface area (Å²) in [5, 5.41) is 4.15. The zero-order chi connectivity index (χ0) is 14.7. The number of hydrogen-bond donors (Lipinski definition) is 1. The minimum atomic E-state index is -0.0454. The Morgan fingerprint density at radius 3 is 2.85 bits per heavy atom. The molecule has 0 bridgehead atoms. The van der Waals surface area contributed by atoms with Crippen LogP contribution >= 0.6 is 0 Å². The van der Waals surface area contributed by atoms with Crippen LogP contribution in [0, 0.1) is 0 Å². The van der Waals surface area contributed by atoms with E-state index in [-0.39, 0.29) is 18.5 Å². The van der Waals surface area contributed by atoms with Crippen LogP contribution in [0.5, 0.6) is 5.75 Å². The third-order valence-electron chi connectivity index (χ3n) is 3.23. The van der Waals surface area contributed by atoms with Crippen molar-refractivity contribution < 1.29 is 13.9 Å². The second kappa shape index (κ2) is 5.96.